The van der Waals surface area contributed by atoms with Crippen LogP contribution in [0.2, 0.25) is 36.3 Å². The van der Waals surface area contributed by atoms with E-state index in [1.165, 1.54) is 70.6 Å². The molecule has 0 atom stereocenters. The average molecular weight is 575 g/mol. The summed E-state index contributed by atoms with van der Waals surface area (Å²) in [6, 6.07) is 17.9. The van der Waals surface area contributed by atoms with Crippen molar-refractivity contribution in [2.45, 2.75) is 129 Å². The molecule has 0 amide bonds. The lowest BCUT2D eigenvalue weighted by Crippen LogP contribution is -2.42. The van der Waals surface area contributed by atoms with Gasteiger partial charge in [-0.25, -0.2) is 0 Å². The molecule has 4 rings (SSSR count). The Balaban J connectivity index is 1.68. The van der Waals surface area contributed by atoms with Gasteiger partial charge in [-0.2, -0.15) is 0 Å². The minimum Gasteiger partial charge on any atom is -0.546 e. The fraction of sp³-hybridized carbons (Fsp3) is 0.556. The van der Waals surface area contributed by atoms with Crippen LogP contribution in [0.1, 0.15) is 102 Å². The van der Waals surface area contributed by atoms with Gasteiger partial charge in [0.05, 0.1) is 11.5 Å². The lowest BCUT2D eigenvalue weighted by molar-refractivity contribution is 0.361. The van der Waals surface area contributed by atoms with Crippen molar-refractivity contribution in [2.75, 3.05) is 0 Å². The average Bonchev–Trinajstić information content (AvgIpc) is 3.38. The Hall–Kier alpha value is -2.05. The Morgan fingerprint density at radius 2 is 0.950 bits per heavy atom. The molecule has 2 aromatic rings. The number of hydrogen-bond acceptors (Lipinski definition) is 2. The second-order valence-electron chi connectivity index (χ2n) is 14.5. The molecular weight excluding hydrogens is 521 g/mol. The number of benzene rings is 2. The lowest BCUT2D eigenvalue weighted by atomic mass is 9.96. The molecule has 218 valence electrons. The summed E-state index contributed by atoms with van der Waals surface area (Å²) < 4.78 is 14.3. The molecule has 2 nitrogen and oxygen atoms in total. The highest BCUT2D eigenvalue weighted by Gasteiger charge is 2.45. The molecule has 0 aromatic heterocycles. The quantitative estimate of drug-likeness (QED) is 0.221. The van der Waals surface area contributed by atoms with E-state index in [0.717, 1.165) is 25.7 Å². The first-order valence-electron chi connectivity index (χ1n) is 15.7. The van der Waals surface area contributed by atoms with E-state index in [2.05, 4.69) is 116 Å². The predicted octanol–water partition coefficient (Wildman–Crippen LogP) is 11.3. The van der Waals surface area contributed by atoms with Crippen molar-refractivity contribution in [3.05, 3.63) is 82.3 Å². The highest BCUT2D eigenvalue weighted by Crippen LogP contribution is 2.49. The molecule has 0 N–H and O–H groups in total. The van der Waals surface area contributed by atoms with Crippen LogP contribution < -0.4 is 0 Å². The maximum atomic E-state index is 7.15. The van der Waals surface area contributed by atoms with Crippen LogP contribution in [0, 0.1) is 0 Å². The zero-order chi connectivity index (χ0) is 29.3. The molecule has 0 bridgehead atoms. The van der Waals surface area contributed by atoms with E-state index in [1.807, 2.05) is 0 Å². The van der Waals surface area contributed by atoms with Crippen LogP contribution >= 0.6 is 0 Å². The molecule has 0 heterocycles. The molecule has 2 aromatic carbocycles. The summed E-state index contributed by atoms with van der Waals surface area (Å²) in [6.07, 6.45) is 8.64. The highest BCUT2D eigenvalue weighted by molar-refractivity contribution is 6.75. The first kappa shape index (κ1) is 30.9. The van der Waals surface area contributed by atoms with Crippen molar-refractivity contribution in [2.24, 2.45) is 0 Å². The molecule has 0 radical (unpaired) electrons. The first-order valence-corrected chi connectivity index (χ1v) is 21.5. The minimum absolute atomic E-state index is 0.226. The fourth-order valence-electron chi connectivity index (χ4n) is 6.54. The number of fused-ring (bicyclic) bond motifs is 2. The van der Waals surface area contributed by atoms with E-state index in [1.54, 1.807) is 0 Å². The van der Waals surface area contributed by atoms with Crippen molar-refractivity contribution >= 4 is 27.8 Å². The van der Waals surface area contributed by atoms with Gasteiger partial charge in [0, 0.05) is 12.8 Å². The molecule has 0 fully saturated rings. The van der Waals surface area contributed by atoms with E-state index >= 15 is 0 Å². The molecule has 0 saturated heterocycles. The maximum Gasteiger partial charge on any atom is 0.250 e. The summed E-state index contributed by atoms with van der Waals surface area (Å²) >= 11 is 0. The van der Waals surface area contributed by atoms with Crippen LogP contribution in [0.5, 0.6) is 0 Å². The summed E-state index contributed by atoms with van der Waals surface area (Å²) in [5.41, 5.74) is 8.45. The standard InChI is InChI=1S/C36H54O2Si2/c1-11-23-35(3,4)39(7,8)37-33-25-27-17-13-15-19-29(27)31(33)21-22-32-30-20-16-14-18-28(30)26-34(32)38-40(9,10)36(5,6)24-12-2/h13-20H,11-12,21-26H2,1-10H3. The molecule has 0 unspecified atom stereocenters. The summed E-state index contributed by atoms with van der Waals surface area (Å²) in [6.45, 7) is 23.9. The molecule has 40 heavy (non-hydrogen) atoms. The SMILES string of the molecule is CCCC(C)(C)[Si](C)(C)OC1=C(CCC2=C(O[Si](C)(C)C(C)(C)CCC)Cc3ccccc32)c2ccccc2C1. The van der Waals surface area contributed by atoms with Crippen LogP contribution in [0.15, 0.2) is 60.0 Å². The molecule has 0 saturated carbocycles. The topological polar surface area (TPSA) is 18.5 Å². The normalized spacial score (nSPS) is 15.9. The smallest absolute Gasteiger partial charge is 0.250 e. The minimum atomic E-state index is -1.98. The number of hydrogen-bond donors (Lipinski definition) is 0. The Bertz CT molecular complexity index is 1180. The molecule has 0 aliphatic heterocycles. The molecule has 4 heteroatoms. The fourth-order valence-corrected chi connectivity index (χ4v) is 10.4. The third-order valence-corrected chi connectivity index (χ3v) is 19.0. The van der Waals surface area contributed by atoms with Crippen LogP contribution in [0.25, 0.3) is 11.1 Å². The van der Waals surface area contributed by atoms with E-state index in [-0.39, 0.29) is 10.1 Å². The van der Waals surface area contributed by atoms with Gasteiger partial charge in [-0.15, -0.1) is 0 Å². The van der Waals surface area contributed by atoms with E-state index < -0.39 is 16.6 Å². The van der Waals surface area contributed by atoms with E-state index in [4.69, 9.17) is 8.85 Å². The third kappa shape index (κ3) is 6.09. The summed E-state index contributed by atoms with van der Waals surface area (Å²) in [7, 11) is -3.96. The largest absolute Gasteiger partial charge is 0.546 e. The Kier molecular flexibility index (Phi) is 9.02. The van der Waals surface area contributed by atoms with Gasteiger partial charge in [0.25, 0.3) is 0 Å². The zero-order valence-electron chi connectivity index (χ0n) is 27.1. The van der Waals surface area contributed by atoms with Crippen molar-refractivity contribution < 1.29 is 8.85 Å². The van der Waals surface area contributed by atoms with Crippen LogP contribution in [0.4, 0.5) is 0 Å². The second kappa shape index (κ2) is 11.7. The molecule has 2 aliphatic carbocycles. The summed E-state index contributed by atoms with van der Waals surface area (Å²) in [5, 5.41) is 0.453. The molecule has 2 aliphatic rings. The third-order valence-electron chi connectivity index (χ3n) is 10.5. The van der Waals surface area contributed by atoms with Crippen molar-refractivity contribution in [3.63, 3.8) is 0 Å². The summed E-state index contributed by atoms with van der Waals surface area (Å²) in [4.78, 5) is 0. The molecule has 0 spiro atoms. The number of rotatable bonds is 13. The van der Waals surface area contributed by atoms with Gasteiger partial charge in [0.1, 0.15) is 0 Å². The van der Waals surface area contributed by atoms with Crippen LogP contribution in [0.3, 0.4) is 0 Å². The van der Waals surface area contributed by atoms with Gasteiger partial charge < -0.3 is 8.85 Å². The Labute approximate surface area is 247 Å². The number of allylic oxidation sites excluding steroid dienone is 4. The van der Waals surface area contributed by atoms with Crippen LogP contribution in [-0.4, -0.2) is 16.6 Å². The summed E-state index contributed by atoms with van der Waals surface area (Å²) in [5.74, 6) is 2.46. The zero-order valence-corrected chi connectivity index (χ0v) is 29.1. The predicted molar refractivity (Wildman–Crippen MR) is 178 cm³/mol. The highest BCUT2D eigenvalue weighted by atomic mass is 28.4. The monoisotopic (exact) mass is 574 g/mol. The van der Waals surface area contributed by atoms with Gasteiger partial charge >= 0.3 is 0 Å². The second-order valence-corrected chi connectivity index (χ2v) is 23.6. The van der Waals surface area contributed by atoms with E-state index in [0.29, 0.717) is 0 Å². The van der Waals surface area contributed by atoms with Crippen molar-refractivity contribution in [1.82, 2.24) is 0 Å². The van der Waals surface area contributed by atoms with E-state index in [9.17, 15) is 0 Å². The Morgan fingerprint density at radius 1 is 0.600 bits per heavy atom. The van der Waals surface area contributed by atoms with Gasteiger partial charge in [-0.1, -0.05) is 103 Å². The van der Waals surface area contributed by atoms with Crippen molar-refractivity contribution in [1.29, 1.82) is 0 Å². The lowest BCUT2D eigenvalue weighted by Gasteiger charge is -2.40. The maximum absolute atomic E-state index is 7.15. The van der Waals surface area contributed by atoms with Gasteiger partial charge in [-0.05, 0) is 95.3 Å². The van der Waals surface area contributed by atoms with Gasteiger partial charge in [0.2, 0.25) is 16.6 Å². The first-order chi connectivity index (χ1) is 18.7. The van der Waals surface area contributed by atoms with Crippen molar-refractivity contribution in [3.8, 4) is 0 Å². The van der Waals surface area contributed by atoms with Gasteiger partial charge in [-0.3, -0.25) is 0 Å². The Morgan fingerprint density at radius 3 is 1.30 bits per heavy atom. The molecular formula is C36H54O2Si2. The van der Waals surface area contributed by atoms with Gasteiger partial charge in [0.15, 0.2) is 0 Å². The van der Waals surface area contributed by atoms with Crippen LogP contribution in [-0.2, 0) is 21.7 Å².